The van der Waals surface area contributed by atoms with Gasteiger partial charge in [-0.1, -0.05) is 6.07 Å². The Hall–Kier alpha value is -3.48. The van der Waals surface area contributed by atoms with E-state index in [1.54, 1.807) is 47.4 Å². The lowest BCUT2D eigenvalue weighted by Crippen LogP contribution is -2.36. The summed E-state index contributed by atoms with van der Waals surface area (Å²) in [5, 5.41) is 9.74. The van der Waals surface area contributed by atoms with E-state index < -0.39 is 11.8 Å². The third-order valence-electron chi connectivity index (χ3n) is 4.12. The summed E-state index contributed by atoms with van der Waals surface area (Å²) in [6, 6.07) is 12.5. The van der Waals surface area contributed by atoms with Gasteiger partial charge in [0.25, 0.3) is 0 Å². The molecule has 1 aromatic carbocycles. The SMILES string of the molecule is Cc1cc(C)n(-c2cccc(NC(=O)C(=O)NC(C)c3ccncc3)c2)n1. The van der Waals surface area contributed by atoms with Gasteiger partial charge in [-0.3, -0.25) is 14.6 Å². The molecule has 1 unspecified atom stereocenters. The van der Waals surface area contributed by atoms with Crippen LogP contribution in [0.15, 0.2) is 54.9 Å². The van der Waals surface area contributed by atoms with Crippen molar-refractivity contribution in [1.82, 2.24) is 20.1 Å². The number of carbonyl (C=O) groups is 2. The summed E-state index contributed by atoms with van der Waals surface area (Å²) in [5.74, 6) is -1.42. The number of anilines is 1. The van der Waals surface area contributed by atoms with Crippen LogP contribution in [0.5, 0.6) is 0 Å². The van der Waals surface area contributed by atoms with E-state index in [1.807, 2.05) is 32.9 Å². The minimum atomic E-state index is -0.721. The number of benzene rings is 1. The van der Waals surface area contributed by atoms with Gasteiger partial charge in [0.05, 0.1) is 17.4 Å². The summed E-state index contributed by atoms with van der Waals surface area (Å²) in [4.78, 5) is 28.4. The van der Waals surface area contributed by atoms with Crippen molar-refractivity contribution >= 4 is 17.5 Å². The molecule has 0 saturated carbocycles. The Morgan fingerprint density at radius 3 is 2.44 bits per heavy atom. The van der Waals surface area contributed by atoms with Crippen LogP contribution >= 0.6 is 0 Å². The predicted octanol–water partition coefficient (Wildman–Crippen LogP) is 2.70. The van der Waals surface area contributed by atoms with E-state index in [0.29, 0.717) is 5.69 Å². The average Bonchev–Trinajstić information content (AvgIpc) is 3.00. The molecule has 1 atom stereocenters. The van der Waals surface area contributed by atoms with Gasteiger partial charge in [-0.25, -0.2) is 4.68 Å². The van der Waals surface area contributed by atoms with Gasteiger partial charge in [0.2, 0.25) is 0 Å². The van der Waals surface area contributed by atoms with Crippen molar-refractivity contribution in [1.29, 1.82) is 0 Å². The maximum atomic E-state index is 12.2. The highest BCUT2D eigenvalue weighted by atomic mass is 16.2. The molecule has 2 amide bonds. The molecule has 7 nitrogen and oxygen atoms in total. The summed E-state index contributed by atoms with van der Waals surface area (Å²) in [7, 11) is 0. The normalized spacial score (nSPS) is 11.7. The van der Waals surface area contributed by atoms with E-state index in [0.717, 1.165) is 22.6 Å². The van der Waals surface area contributed by atoms with E-state index in [1.165, 1.54) is 0 Å². The lowest BCUT2D eigenvalue weighted by Gasteiger charge is -2.14. The summed E-state index contributed by atoms with van der Waals surface area (Å²) < 4.78 is 1.79. The Morgan fingerprint density at radius 2 is 1.78 bits per heavy atom. The van der Waals surface area contributed by atoms with Crippen LogP contribution in [0.3, 0.4) is 0 Å². The molecule has 138 valence electrons. The summed E-state index contributed by atoms with van der Waals surface area (Å²) in [5.41, 5.74) is 4.10. The van der Waals surface area contributed by atoms with Crippen LogP contribution < -0.4 is 10.6 Å². The molecule has 27 heavy (non-hydrogen) atoms. The molecule has 0 saturated heterocycles. The highest BCUT2D eigenvalue weighted by molar-refractivity contribution is 6.39. The minimum absolute atomic E-state index is 0.299. The van der Waals surface area contributed by atoms with E-state index in [9.17, 15) is 9.59 Å². The van der Waals surface area contributed by atoms with E-state index in [2.05, 4.69) is 20.7 Å². The quantitative estimate of drug-likeness (QED) is 0.698. The molecule has 0 aliphatic carbocycles. The average molecular weight is 363 g/mol. The zero-order valence-corrected chi connectivity index (χ0v) is 15.4. The first-order valence-corrected chi connectivity index (χ1v) is 8.59. The first-order valence-electron chi connectivity index (χ1n) is 8.59. The molecule has 0 radical (unpaired) electrons. The highest BCUT2D eigenvalue weighted by Gasteiger charge is 2.17. The zero-order chi connectivity index (χ0) is 19.4. The highest BCUT2D eigenvalue weighted by Crippen LogP contribution is 2.17. The zero-order valence-electron chi connectivity index (χ0n) is 15.4. The number of hydrogen-bond acceptors (Lipinski definition) is 4. The maximum Gasteiger partial charge on any atom is 0.313 e. The van der Waals surface area contributed by atoms with Crippen LogP contribution in [0.4, 0.5) is 5.69 Å². The Bertz CT molecular complexity index is 966. The molecular weight excluding hydrogens is 342 g/mol. The number of pyridine rings is 1. The Balaban J connectivity index is 1.68. The monoisotopic (exact) mass is 363 g/mol. The molecule has 0 aliphatic heterocycles. The van der Waals surface area contributed by atoms with Gasteiger partial charge in [-0.05, 0) is 62.7 Å². The maximum absolute atomic E-state index is 12.2. The van der Waals surface area contributed by atoms with Crippen molar-refractivity contribution < 1.29 is 9.59 Å². The van der Waals surface area contributed by atoms with Gasteiger partial charge in [-0.2, -0.15) is 5.10 Å². The van der Waals surface area contributed by atoms with Gasteiger partial charge in [0.1, 0.15) is 0 Å². The standard InChI is InChI=1S/C20H21N5O2/c1-13-11-14(2)25(24-13)18-6-4-5-17(12-18)23-20(27)19(26)22-15(3)16-7-9-21-10-8-16/h4-12,15H,1-3H3,(H,22,26)(H,23,27). The summed E-state index contributed by atoms with van der Waals surface area (Å²) >= 11 is 0. The minimum Gasteiger partial charge on any atom is -0.341 e. The fourth-order valence-electron chi connectivity index (χ4n) is 2.79. The molecule has 3 aromatic rings. The molecule has 0 spiro atoms. The fourth-order valence-corrected chi connectivity index (χ4v) is 2.79. The lowest BCUT2D eigenvalue weighted by molar-refractivity contribution is -0.136. The number of rotatable bonds is 4. The Labute approximate surface area is 157 Å². The third kappa shape index (κ3) is 4.38. The van der Waals surface area contributed by atoms with Crippen molar-refractivity contribution in [3.63, 3.8) is 0 Å². The molecule has 3 rings (SSSR count). The summed E-state index contributed by atoms with van der Waals surface area (Å²) in [6.07, 6.45) is 3.28. The number of amides is 2. The van der Waals surface area contributed by atoms with Gasteiger partial charge in [0, 0.05) is 23.8 Å². The Kier molecular flexibility index (Phi) is 5.30. The smallest absolute Gasteiger partial charge is 0.313 e. The van der Waals surface area contributed by atoms with Gasteiger partial charge >= 0.3 is 11.8 Å². The number of aromatic nitrogens is 3. The van der Waals surface area contributed by atoms with Gasteiger partial charge in [0.15, 0.2) is 0 Å². The number of aryl methyl sites for hydroxylation is 2. The molecule has 0 aliphatic rings. The van der Waals surface area contributed by atoms with E-state index in [4.69, 9.17) is 0 Å². The molecule has 2 heterocycles. The first-order chi connectivity index (χ1) is 12.9. The second kappa shape index (κ2) is 7.82. The van der Waals surface area contributed by atoms with E-state index in [-0.39, 0.29) is 6.04 Å². The molecule has 2 N–H and O–H groups in total. The van der Waals surface area contributed by atoms with Crippen molar-refractivity contribution in [2.45, 2.75) is 26.8 Å². The molecule has 2 aromatic heterocycles. The van der Waals surface area contributed by atoms with Crippen LogP contribution in [0.1, 0.15) is 29.9 Å². The van der Waals surface area contributed by atoms with Gasteiger partial charge in [-0.15, -0.1) is 0 Å². The van der Waals surface area contributed by atoms with Crippen molar-refractivity contribution in [3.05, 3.63) is 71.8 Å². The largest absolute Gasteiger partial charge is 0.341 e. The molecular formula is C20H21N5O2. The second-order valence-corrected chi connectivity index (χ2v) is 6.32. The molecule has 7 heteroatoms. The number of nitrogens with one attached hydrogen (secondary N) is 2. The van der Waals surface area contributed by atoms with Crippen LogP contribution in [0.25, 0.3) is 5.69 Å². The molecule has 0 bridgehead atoms. The molecule has 0 fully saturated rings. The lowest BCUT2D eigenvalue weighted by atomic mass is 10.1. The van der Waals surface area contributed by atoms with Crippen LogP contribution in [-0.4, -0.2) is 26.6 Å². The van der Waals surface area contributed by atoms with Crippen molar-refractivity contribution in [3.8, 4) is 5.69 Å². The van der Waals surface area contributed by atoms with Gasteiger partial charge < -0.3 is 10.6 Å². The van der Waals surface area contributed by atoms with Crippen molar-refractivity contribution in [2.24, 2.45) is 0 Å². The van der Waals surface area contributed by atoms with Crippen LogP contribution in [0, 0.1) is 13.8 Å². The second-order valence-electron chi connectivity index (χ2n) is 6.32. The topological polar surface area (TPSA) is 88.9 Å². The van der Waals surface area contributed by atoms with Crippen LogP contribution in [0.2, 0.25) is 0 Å². The van der Waals surface area contributed by atoms with Crippen LogP contribution in [-0.2, 0) is 9.59 Å². The van der Waals surface area contributed by atoms with Crippen molar-refractivity contribution in [2.75, 3.05) is 5.32 Å². The third-order valence-corrected chi connectivity index (χ3v) is 4.12. The first kappa shape index (κ1) is 18.3. The number of nitrogens with zero attached hydrogens (tertiary/aromatic N) is 3. The predicted molar refractivity (Wildman–Crippen MR) is 102 cm³/mol. The number of hydrogen-bond donors (Lipinski definition) is 2. The fraction of sp³-hybridized carbons (Fsp3) is 0.200. The van der Waals surface area contributed by atoms with E-state index >= 15 is 0 Å². The Morgan fingerprint density at radius 1 is 1.04 bits per heavy atom. The summed E-state index contributed by atoms with van der Waals surface area (Å²) in [6.45, 7) is 5.69. The number of carbonyl (C=O) groups excluding carboxylic acids is 2.